The second-order valence-electron chi connectivity index (χ2n) is 5.66. The van der Waals surface area contributed by atoms with Gasteiger partial charge < -0.3 is 15.5 Å². The van der Waals surface area contributed by atoms with Crippen LogP contribution in [-0.4, -0.2) is 26.5 Å². The Labute approximate surface area is 114 Å². The van der Waals surface area contributed by atoms with Crippen LogP contribution in [0.1, 0.15) is 30.9 Å². The molecule has 1 atom stereocenters. The second-order valence-corrected chi connectivity index (χ2v) is 5.66. The molecule has 1 fully saturated rings. The molecular formula is C15H21N3O. The smallest absolute Gasteiger partial charge is 0.246 e. The van der Waals surface area contributed by atoms with Gasteiger partial charge >= 0.3 is 0 Å². The summed E-state index contributed by atoms with van der Waals surface area (Å²) in [5.74, 6) is 0.884. The normalized spacial score (nSPS) is 21.8. The number of nitrogens with zero attached hydrogens (tertiary/aromatic N) is 1. The summed E-state index contributed by atoms with van der Waals surface area (Å²) in [5.41, 5.74) is 3.18. The number of carbonyl (C=O) groups is 1. The van der Waals surface area contributed by atoms with E-state index >= 15 is 0 Å². The molecule has 1 unspecified atom stereocenters. The largest absolute Gasteiger partial charge is 0.374 e. The molecule has 0 spiro atoms. The van der Waals surface area contributed by atoms with Gasteiger partial charge in [0.1, 0.15) is 6.04 Å². The highest BCUT2D eigenvalue weighted by Crippen LogP contribution is 2.34. The molecule has 1 aliphatic carbocycles. The van der Waals surface area contributed by atoms with Crippen LogP contribution in [0.4, 0.5) is 11.4 Å². The molecular weight excluding hydrogens is 238 g/mol. The average Bonchev–Trinajstić information content (AvgIpc) is 2.67. The number of fused-ring (bicyclic) bond motifs is 1. The third-order valence-corrected chi connectivity index (χ3v) is 4.35. The summed E-state index contributed by atoms with van der Waals surface area (Å²) in [7, 11) is 3.95. The Hall–Kier alpha value is -1.55. The van der Waals surface area contributed by atoms with Crippen molar-refractivity contribution >= 4 is 17.3 Å². The Morgan fingerprint density at radius 3 is 2.84 bits per heavy atom. The van der Waals surface area contributed by atoms with Crippen LogP contribution in [0.3, 0.4) is 0 Å². The molecule has 4 nitrogen and oxygen atoms in total. The van der Waals surface area contributed by atoms with Crippen molar-refractivity contribution in [3.8, 4) is 0 Å². The lowest BCUT2D eigenvalue weighted by Gasteiger charge is -2.31. The first-order valence-corrected chi connectivity index (χ1v) is 7.02. The molecule has 0 aromatic heterocycles. The van der Waals surface area contributed by atoms with Gasteiger partial charge in [-0.25, -0.2) is 0 Å². The van der Waals surface area contributed by atoms with Crippen molar-refractivity contribution in [3.63, 3.8) is 0 Å². The van der Waals surface area contributed by atoms with Crippen LogP contribution in [0.25, 0.3) is 0 Å². The zero-order valence-corrected chi connectivity index (χ0v) is 11.6. The molecule has 1 amide bonds. The second kappa shape index (κ2) is 4.85. The highest BCUT2D eigenvalue weighted by atomic mass is 16.2. The van der Waals surface area contributed by atoms with E-state index in [-0.39, 0.29) is 11.9 Å². The Balaban J connectivity index is 1.78. The number of amides is 1. The van der Waals surface area contributed by atoms with Crippen LogP contribution < -0.4 is 15.5 Å². The molecule has 1 aliphatic heterocycles. The molecule has 1 saturated carbocycles. The predicted octanol–water partition coefficient (Wildman–Crippen LogP) is 2.14. The maximum atomic E-state index is 11.8. The minimum absolute atomic E-state index is 0.0382. The highest BCUT2D eigenvalue weighted by Gasteiger charge is 2.29. The van der Waals surface area contributed by atoms with Crippen molar-refractivity contribution in [3.05, 3.63) is 23.8 Å². The molecule has 19 heavy (non-hydrogen) atoms. The van der Waals surface area contributed by atoms with Gasteiger partial charge in [-0.15, -0.1) is 0 Å². The van der Waals surface area contributed by atoms with E-state index < -0.39 is 0 Å². The van der Waals surface area contributed by atoms with E-state index in [2.05, 4.69) is 40.8 Å². The van der Waals surface area contributed by atoms with E-state index in [1.54, 1.807) is 0 Å². The maximum Gasteiger partial charge on any atom is 0.246 e. The number of anilines is 2. The molecule has 0 bridgehead atoms. The molecule has 2 N–H and O–H groups in total. The number of likely N-dealkylation sites (N-methyl/N-ethyl adjacent to an activating group) is 1. The average molecular weight is 259 g/mol. The summed E-state index contributed by atoms with van der Waals surface area (Å²) in [5, 5.41) is 5.99. The van der Waals surface area contributed by atoms with Gasteiger partial charge in [0.15, 0.2) is 0 Å². The van der Waals surface area contributed by atoms with Crippen LogP contribution >= 0.6 is 0 Å². The monoisotopic (exact) mass is 259 g/mol. The fourth-order valence-electron chi connectivity index (χ4n) is 2.94. The number of rotatable bonds is 4. The van der Waals surface area contributed by atoms with Gasteiger partial charge in [-0.2, -0.15) is 0 Å². The standard InChI is InChI=1S/C15H21N3O/c1-16-14-12-7-6-11(8-13(12)17-15(14)19)18(2)9-10-4-3-5-10/h6-8,10,14,16H,3-5,9H2,1-2H3,(H,17,19). The van der Waals surface area contributed by atoms with Crippen molar-refractivity contribution in [1.82, 2.24) is 5.32 Å². The van der Waals surface area contributed by atoms with Gasteiger partial charge in [0.2, 0.25) is 5.91 Å². The molecule has 2 aliphatic rings. The van der Waals surface area contributed by atoms with Gasteiger partial charge in [-0.1, -0.05) is 12.5 Å². The Bertz CT molecular complexity index is 496. The Morgan fingerprint density at radius 2 is 2.21 bits per heavy atom. The summed E-state index contributed by atoms with van der Waals surface area (Å²) < 4.78 is 0. The molecule has 1 aromatic rings. The highest BCUT2D eigenvalue weighted by molar-refractivity contribution is 6.03. The first kappa shape index (κ1) is 12.5. The summed E-state index contributed by atoms with van der Waals surface area (Å²) in [6.45, 7) is 1.11. The van der Waals surface area contributed by atoms with Crippen molar-refractivity contribution in [2.45, 2.75) is 25.3 Å². The fraction of sp³-hybridized carbons (Fsp3) is 0.533. The first-order valence-electron chi connectivity index (χ1n) is 7.02. The van der Waals surface area contributed by atoms with E-state index in [1.807, 2.05) is 7.05 Å². The van der Waals surface area contributed by atoms with Gasteiger partial charge in [0.25, 0.3) is 0 Å². The summed E-state index contributed by atoms with van der Waals surface area (Å²) in [6.07, 6.45) is 4.09. The van der Waals surface area contributed by atoms with Crippen LogP contribution in [0, 0.1) is 5.92 Å². The zero-order valence-electron chi connectivity index (χ0n) is 11.6. The lowest BCUT2D eigenvalue weighted by molar-refractivity contribution is -0.117. The minimum atomic E-state index is -0.207. The van der Waals surface area contributed by atoms with Crippen molar-refractivity contribution < 1.29 is 4.79 Å². The van der Waals surface area contributed by atoms with Crippen molar-refractivity contribution in [2.24, 2.45) is 5.92 Å². The van der Waals surface area contributed by atoms with Crippen LogP contribution in [-0.2, 0) is 4.79 Å². The number of carbonyl (C=O) groups excluding carboxylic acids is 1. The summed E-state index contributed by atoms with van der Waals surface area (Å²) in [4.78, 5) is 14.1. The van der Waals surface area contributed by atoms with Crippen molar-refractivity contribution in [2.75, 3.05) is 30.9 Å². The van der Waals surface area contributed by atoms with Crippen LogP contribution in [0.2, 0.25) is 0 Å². The SMILES string of the molecule is CNC1C(=O)Nc2cc(N(C)CC3CCC3)ccc21. The lowest BCUT2D eigenvalue weighted by Crippen LogP contribution is -2.29. The van der Waals surface area contributed by atoms with E-state index in [1.165, 1.54) is 24.9 Å². The van der Waals surface area contributed by atoms with Gasteiger partial charge in [-0.05, 0) is 37.9 Å². The van der Waals surface area contributed by atoms with E-state index in [0.29, 0.717) is 0 Å². The van der Waals surface area contributed by atoms with Crippen LogP contribution in [0.15, 0.2) is 18.2 Å². The fourth-order valence-corrected chi connectivity index (χ4v) is 2.94. The molecule has 4 heteroatoms. The van der Waals surface area contributed by atoms with Gasteiger partial charge in [-0.3, -0.25) is 4.79 Å². The molecule has 1 aromatic carbocycles. The van der Waals surface area contributed by atoms with E-state index in [9.17, 15) is 4.79 Å². The lowest BCUT2D eigenvalue weighted by atomic mass is 9.85. The number of hydrogen-bond acceptors (Lipinski definition) is 3. The quantitative estimate of drug-likeness (QED) is 0.870. The minimum Gasteiger partial charge on any atom is -0.374 e. The summed E-state index contributed by atoms with van der Waals surface area (Å²) in [6, 6.07) is 6.05. The van der Waals surface area contributed by atoms with Crippen molar-refractivity contribution in [1.29, 1.82) is 0 Å². The maximum absolute atomic E-state index is 11.8. The molecule has 3 rings (SSSR count). The number of hydrogen-bond donors (Lipinski definition) is 2. The Morgan fingerprint density at radius 1 is 1.42 bits per heavy atom. The summed E-state index contributed by atoms with van der Waals surface area (Å²) >= 11 is 0. The number of benzene rings is 1. The molecule has 1 heterocycles. The molecule has 0 saturated heterocycles. The third kappa shape index (κ3) is 2.21. The molecule has 0 radical (unpaired) electrons. The predicted molar refractivity (Wildman–Crippen MR) is 77.5 cm³/mol. The Kier molecular flexibility index (Phi) is 3.19. The zero-order chi connectivity index (χ0) is 13.4. The third-order valence-electron chi connectivity index (χ3n) is 4.35. The van der Waals surface area contributed by atoms with Gasteiger partial charge in [0.05, 0.1) is 0 Å². The number of nitrogens with one attached hydrogen (secondary N) is 2. The molecule has 102 valence electrons. The topological polar surface area (TPSA) is 44.4 Å². The van der Waals surface area contributed by atoms with E-state index in [4.69, 9.17) is 0 Å². The first-order chi connectivity index (χ1) is 9.19. The van der Waals surface area contributed by atoms with Crippen LogP contribution in [0.5, 0.6) is 0 Å². The van der Waals surface area contributed by atoms with E-state index in [0.717, 1.165) is 23.7 Å². The van der Waals surface area contributed by atoms with Gasteiger partial charge in [0, 0.05) is 30.5 Å².